The Morgan fingerprint density at radius 3 is 1.35 bits per heavy atom. The molecule has 1 fully saturated rings. The van der Waals surface area contributed by atoms with Gasteiger partial charge in [-0.3, -0.25) is 24.0 Å². The lowest BCUT2D eigenvalue weighted by Crippen LogP contribution is -2.63. The maximum absolute atomic E-state index is 12.6. The molecule has 11 nitrogen and oxygen atoms in total. The van der Waals surface area contributed by atoms with Gasteiger partial charge in [-0.1, -0.05) is 34.6 Å². The van der Waals surface area contributed by atoms with Gasteiger partial charge in [-0.05, 0) is 32.1 Å². The van der Waals surface area contributed by atoms with Crippen LogP contribution in [0.5, 0.6) is 0 Å². The van der Waals surface area contributed by atoms with E-state index in [0.717, 1.165) is 0 Å². The zero-order chi connectivity index (χ0) is 27.8. The van der Waals surface area contributed by atoms with Crippen molar-refractivity contribution in [1.29, 1.82) is 0 Å². The van der Waals surface area contributed by atoms with Crippen LogP contribution in [0.1, 0.15) is 98.8 Å². The highest BCUT2D eigenvalue weighted by Gasteiger charge is 2.54. The number of ether oxygens (including phenoxy) is 6. The second-order valence-electron chi connectivity index (χ2n) is 8.83. The molecule has 11 heteroatoms. The molecule has 0 aromatic carbocycles. The van der Waals surface area contributed by atoms with E-state index in [-0.39, 0.29) is 38.7 Å². The van der Waals surface area contributed by atoms with Crippen LogP contribution in [0.25, 0.3) is 0 Å². The first-order valence-electron chi connectivity index (χ1n) is 13.3. The molecule has 0 aromatic heterocycles. The molecule has 5 atom stereocenters. The van der Waals surface area contributed by atoms with Gasteiger partial charge in [0.1, 0.15) is 12.7 Å². The minimum Gasteiger partial charge on any atom is -0.463 e. The fraction of sp³-hybridized carbons (Fsp3) is 0.808. The van der Waals surface area contributed by atoms with Gasteiger partial charge in [0, 0.05) is 32.1 Å². The molecule has 37 heavy (non-hydrogen) atoms. The normalized spacial score (nSPS) is 23.0. The smallest absolute Gasteiger partial charge is 0.308 e. The average molecular weight is 531 g/mol. The van der Waals surface area contributed by atoms with Crippen LogP contribution in [0.4, 0.5) is 0 Å². The van der Waals surface area contributed by atoms with Crippen LogP contribution >= 0.6 is 0 Å². The van der Waals surface area contributed by atoms with Gasteiger partial charge in [0.05, 0.1) is 0 Å². The van der Waals surface area contributed by atoms with E-state index >= 15 is 0 Å². The zero-order valence-electron chi connectivity index (χ0n) is 22.7. The Morgan fingerprint density at radius 1 is 0.514 bits per heavy atom. The second-order valence-corrected chi connectivity index (χ2v) is 8.83. The van der Waals surface area contributed by atoms with Gasteiger partial charge in [-0.2, -0.15) is 0 Å². The lowest BCUT2D eigenvalue weighted by Gasteiger charge is -2.44. The Morgan fingerprint density at radius 2 is 0.892 bits per heavy atom. The predicted molar refractivity (Wildman–Crippen MR) is 130 cm³/mol. The molecule has 1 unspecified atom stereocenters. The number of carbonyl (C=O) groups is 5. The Kier molecular flexibility index (Phi) is 15.5. The Bertz CT molecular complexity index is 751. The molecule has 1 aliphatic heterocycles. The summed E-state index contributed by atoms with van der Waals surface area (Å²) in [4.78, 5) is 62.0. The van der Waals surface area contributed by atoms with Crippen molar-refractivity contribution in [1.82, 2.24) is 0 Å². The lowest BCUT2D eigenvalue weighted by molar-refractivity contribution is -0.301. The number of carbonyl (C=O) groups excluding carboxylic acids is 5. The molecule has 0 saturated carbocycles. The molecule has 212 valence electrons. The van der Waals surface area contributed by atoms with Crippen LogP contribution in [0.2, 0.25) is 0 Å². The van der Waals surface area contributed by atoms with E-state index in [0.29, 0.717) is 32.1 Å². The number of rotatable bonds is 16. The Labute approximate surface area is 218 Å². The largest absolute Gasteiger partial charge is 0.463 e. The van der Waals surface area contributed by atoms with E-state index in [9.17, 15) is 24.0 Å². The van der Waals surface area contributed by atoms with Crippen LogP contribution in [0, 0.1) is 0 Å². The van der Waals surface area contributed by atoms with Crippen molar-refractivity contribution in [2.24, 2.45) is 0 Å². The molecule has 0 spiro atoms. The van der Waals surface area contributed by atoms with Gasteiger partial charge < -0.3 is 28.4 Å². The maximum atomic E-state index is 12.6. The first kappa shape index (κ1) is 32.3. The second kappa shape index (κ2) is 17.7. The van der Waals surface area contributed by atoms with Gasteiger partial charge >= 0.3 is 29.8 Å². The first-order valence-corrected chi connectivity index (χ1v) is 13.3. The van der Waals surface area contributed by atoms with Crippen molar-refractivity contribution in [3.05, 3.63) is 0 Å². The third kappa shape index (κ3) is 11.5. The third-order valence-corrected chi connectivity index (χ3v) is 5.32. The van der Waals surface area contributed by atoms with Crippen LogP contribution in [-0.4, -0.2) is 67.2 Å². The van der Waals surface area contributed by atoms with Gasteiger partial charge in [-0.25, -0.2) is 0 Å². The molecule has 0 aliphatic carbocycles. The van der Waals surface area contributed by atoms with Crippen LogP contribution in [0.3, 0.4) is 0 Å². The summed E-state index contributed by atoms with van der Waals surface area (Å²) < 4.78 is 33.6. The molecule has 1 heterocycles. The fourth-order valence-electron chi connectivity index (χ4n) is 3.60. The maximum Gasteiger partial charge on any atom is 0.308 e. The summed E-state index contributed by atoms with van der Waals surface area (Å²) in [5.41, 5.74) is 0. The molecule has 1 saturated heterocycles. The van der Waals surface area contributed by atoms with Crippen molar-refractivity contribution < 1.29 is 52.4 Å². The zero-order valence-corrected chi connectivity index (χ0v) is 22.7. The first-order chi connectivity index (χ1) is 17.7. The van der Waals surface area contributed by atoms with Gasteiger partial charge in [0.15, 0.2) is 12.2 Å². The quantitative estimate of drug-likeness (QED) is 0.214. The lowest BCUT2D eigenvalue weighted by atomic mass is 9.97. The van der Waals surface area contributed by atoms with Gasteiger partial charge in [0.25, 0.3) is 0 Å². The fourth-order valence-corrected chi connectivity index (χ4v) is 3.60. The minimum atomic E-state index is -1.48. The van der Waals surface area contributed by atoms with E-state index in [4.69, 9.17) is 28.4 Å². The Balaban J connectivity index is 3.45. The highest BCUT2D eigenvalue weighted by molar-refractivity contribution is 5.72. The summed E-state index contributed by atoms with van der Waals surface area (Å²) in [6.07, 6.45) is -3.74. The van der Waals surface area contributed by atoms with Gasteiger partial charge in [-0.15, -0.1) is 0 Å². The SMILES string of the molecule is CCCC(=O)OC[C@H]1OC(OC(=O)CCC)[C@@H](OC(=O)CCC)[C@@H](OC(=O)CCC)[C@@H]1OC(=O)CCC. The summed E-state index contributed by atoms with van der Waals surface area (Å²) >= 11 is 0. The third-order valence-electron chi connectivity index (χ3n) is 5.32. The molecular formula is C26H42O11. The minimum absolute atomic E-state index is 0.0546. The monoisotopic (exact) mass is 530 g/mol. The molecule has 1 rings (SSSR count). The molecular weight excluding hydrogens is 488 g/mol. The average Bonchev–Trinajstić information content (AvgIpc) is 2.82. The summed E-state index contributed by atoms with van der Waals surface area (Å²) in [5.74, 6) is -2.97. The standard InChI is InChI=1S/C26H42O11/c1-6-11-18(27)32-16-17-23(34-19(28)12-7-2)24(35-20(29)13-8-3)25(36-21(30)14-9-4)26(33-17)37-22(31)15-10-5/h17,23-26H,6-16H2,1-5H3/t17-,23-,24+,25+,26?/m1/s1. The van der Waals surface area contributed by atoms with Crippen molar-refractivity contribution in [3.63, 3.8) is 0 Å². The molecule has 0 radical (unpaired) electrons. The number of esters is 5. The van der Waals surface area contributed by atoms with Crippen molar-refractivity contribution >= 4 is 29.8 Å². The van der Waals surface area contributed by atoms with Crippen molar-refractivity contribution in [3.8, 4) is 0 Å². The number of hydrogen-bond acceptors (Lipinski definition) is 11. The van der Waals surface area contributed by atoms with E-state index < -0.39 is 60.6 Å². The topological polar surface area (TPSA) is 141 Å². The van der Waals surface area contributed by atoms with E-state index in [1.54, 1.807) is 27.7 Å². The van der Waals surface area contributed by atoms with Crippen LogP contribution in [0.15, 0.2) is 0 Å². The highest BCUT2D eigenvalue weighted by Crippen LogP contribution is 2.31. The van der Waals surface area contributed by atoms with Crippen molar-refractivity contribution in [2.45, 2.75) is 130 Å². The van der Waals surface area contributed by atoms with Gasteiger partial charge in [0.2, 0.25) is 12.4 Å². The Hall–Kier alpha value is -2.69. The summed E-state index contributed by atoms with van der Waals surface area (Å²) in [6, 6.07) is 0. The summed E-state index contributed by atoms with van der Waals surface area (Å²) in [5, 5.41) is 0. The van der Waals surface area contributed by atoms with Crippen LogP contribution < -0.4 is 0 Å². The predicted octanol–water partition coefficient (Wildman–Crippen LogP) is 3.53. The molecule has 0 N–H and O–H groups in total. The highest BCUT2D eigenvalue weighted by atomic mass is 16.7. The van der Waals surface area contributed by atoms with E-state index in [2.05, 4.69) is 0 Å². The summed E-state index contributed by atoms with van der Waals surface area (Å²) in [7, 11) is 0. The van der Waals surface area contributed by atoms with E-state index in [1.165, 1.54) is 0 Å². The molecule has 0 bridgehead atoms. The molecule has 1 aliphatic rings. The van der Waals surface area contributed by atoms with E-state index in [1.807, 2.05) is 6.92 Å². The van der Waals surface area contributed by atoms with Crippen LogP contribution in [-0.2, 0) is 52.4 Å². The molecule has 0 aromatic rings. The number of hydrogen-bond donors (Lipinski definition) is 0. The summed E-state index contributed by atoms with van der Waals surface area (Å²) in [6.45, 7) is 8.61. The molecule has 0 amide bonds. The van der Waals surface area contributed by atoms with Crippen molar-refractivity contribution in [2.75, 3.05) is 6.61 Å².